The highest BCUT2D eigenvalue weighted by Crippen LogP contribution is 2.48. The largest absolute Gasteiger partial charge is 0.493 e. The zero-order valence-electron chi connectivity index (χ0n) is 31.9. The van der Waals surface area contributed by atoms with Crippen molar-refractivity contribution < 1.29 is 14.2 Å². The summed E-state index contributed by atoms with van der Waals surface area (Å²) in [7, 11) is 0. The van der Waals surface area contributed by atoms with Crippen molar-refractivity contribution in [3.8, 4) is 34.4 Å². The van der Waals surface area contributed by atoms with E-state index in [4.69, 9.17) is 31.5 Å². The van der Waals surface area contributed by atoms with Crippen molar-refractivity contribution in [1.29, 1.82) is 5.26 Å². The number of piperidine rings is 2. The molecule has 1 spiro atoms. The minimum atomic E-state index is 0.287. The summed E-state index contributed by atoms with van der Waals surface area (Å²) >= 11 is 6.90. The third kappa shape index (κ3) is 9.21. The topological polar surface area (TPSA) is 96.9 Å². The predicted molar refractivity (Wildman–Crippen MR) is 215 cm³/mol. The van der Waals surface area contributed by atoms with Gasteiger partial charge in [0.2, 0.25) is 0 Å². The second kappa shape index (κ2) is 17.6. The summed E-state index contributed by atoms with van der Waals surface area (Å²) in [5.41, 5.74) is 14.7. The molecule has 284 valence electrons. The average molecular weight is 748 g/mol. The number of rotatable bonds is 14. The van der Waals surface area contributed by atoms with E-state index in [0.29, 0.717) is 41.0 Å². The lowest BCUT2D eigenvalue weighted by Gasteiger charge is -2.51. The summed E-state index contributed by atoms with van der Waals surface area (Å²) in [5.74, 6) is 2.24. The number of likely N-dealkylation sites (tertiary alicyclic amines) is 2. The van der Waals surface area contributed by atoms with Crippen LogP contribution in [0.25, 0.3) is 11.1 Å². The molecular weight excluding hydrogens is 694 g/mol. The van der Waals surface area contributed by atoms with Crippen molar-refractivity contribution in [2.45, 2.75) is 91.0 Å². The second-order valence-corrected chi connectivity index (χ2v) is 16.1. The van der Waals surface area contributed by atoms with E-state index in [0.717, 1.165) is 83.0 Å². The molecule has 1 saturated carbocycles. The third-order valence-electron chi connectivity index (χ3n) is 11.9. The lowest BCUT2D eigenvalue weighted by molar-refractivity contribution is 0.0168. The van der Waals surface area contributed by atoms with E-state index in [9.17, 15) is 5.26 Å². The zero-order chi connectivity index (χ0) is 37.5. The maximum absolute atomic E-state index is 9.34. The number of nitrogens with zero attached hydrogens (tertiary/aromatic N) is 4. The lowest BCUT2D eigenvalue weighted by Crippen LogP contribution is -2.52. The highest BCUT2D eigenvalue weighted by Gasteiger charge is 2.44. The van der Waals surface area contributed by atoms with E-state index in [2.05, 4.69) is 71.1 Å². The Kier molecular flexibility index (Phi) is 12.4. The Morgan fingerprint density at radius 2 is 1.56 bits per heavy atom. The molecule has 0 radical (unpaired) electrons. The lowest BCUT2D eigenvalue weighted by atomic mass is 9.61. The molecule has 0 amide bonds. The van der Waals surface area contributed by atoms with Crippen LogP contribution in [0.3, 0.4) is 0 Å². The summed E-state index contributed by atoms with van der Waals surface area (Å²) in [6.07, 6.45) is 13.0. The standard InChI is InChI=1S/C45H54ClN5O3/c1-32-36(9-6-10-39(32)40-11-7-12-42(33(40)2)52-20-8-17-50-18-13-45(14-19-50)24-38(48)25-45)31-54-44-23-43(53-30-35-21-34(26-47)27-49-28-35)37(22-41(44)46)29-51-15-4-3-5-16-51/h6-7,9-12,21-23,27-28,38H,3-5,8,13-20,24-25,29-31,48H2,1-2H3. The Hall–Kier alpha value is -4.13. The van der Waals surface area contributed by atoms with E-state index in [1.807, 2.05) is 12.1 Å². The number of nitrogens with two attached hydrogens (primary N) is 1. The number of benzene rings is 3. The molecule has 0 unspecified atom stereocenters. The van der Waals surface area contributed by atoms with Crippen LogP contribution in [0, 0.1) is 30.6 Å². The highest BCUT2D eigenvalue weighted by molar-refractivity contribution is 6.32. The van der Waals surface area contributed by atoms with Crippen molar-refractivity contribution in [3.63, 3.8) is 0 Å². The van der Waals surface area contributed by atoms with Crippen molar-refractivity contribution >= 4 is 11.6 Å². The molecule has 2 N–H and O–H groups in total. The molecule has 3 aliphatic rings. The molecule has 54 heavy (non-hydrogen) atoms. The first-order valence-electron chi connectivity index (χ1n) is 19.7. The molecule has 2 saturated heterocycles. The smallest absolute Gasteiger partial charge is 0.142 e. The van der Waals surface area contributed by atoms with Crippen molar-refractivity contribution in [2.24, 2.45) is 11.1 Å². The molecule has 2 aliphatic heterocycles. The van der Waals surface area contributed by atoms with Crippen LogP contribution in [0.4, 0.5) is 0 Å². The van der Waals surface area contributed by atoms with Gasteiger partial charge >= 0.3 is 0 Å². The van der Waals surface area contributed by atoms with Crippen molar-refractivity contribution in [2.75, 3.05) is 39.3 Å². The second-order valence-electron chi connectivity index (χ2n) is 15.7. The van der Waals surface area contributed by atoms with Gasteiger partial charge in [0.15, 0.2) is 0 Å². The van der Waals surface area contributed by atoms with E-state index in [1.165, 1.54) is 58.0 Å². The highest BCUT2D eigenvalue weighted by atomic mass is 35.5. The normalized spacial score (nSPS) is 17.5. The molecule has 3 fully saturated rings. The van der Waals surface area contributed by atoms with Gasteiger partial charge in [-0.05, 0) is 136 Å². The molecule has 3 aromatic carbocycles. The number of halogens is 1. The Labute approximate surface area is 326 Å². The number of nitriles is 1. The first-order valence-corrected chi connectivity index (χ1v) is 20.1. The molecule has 4 aromatic rings. The van der Waals surface area contributed by atoms with Crippen LogP contribution in [0.2, 0.25) is 5.02 Å². The van der Waals surface area contributed by atoms with E-state index >= 15 is 0 Å². The summed E-state index contributed by atoms with van der Waals surface area (Å²) in [4.78, 5) is 9.25. The molecule has 1 aliphatic carbocycles. The van der Waals surface area contributed by atoms with Crippen molar-refractivity contribution in [1.82, 2.24) is 14.8 Å². The molecule has 9 heteroatoms. The fourth-order valence-electron chi connectivity index (χ4n) is 8.62. The molecule has 0 bridgehead atoms. The Balaban J connectivity index is 1.00. The van der Waals surface area contributed by atoms with E-state index in [-0.39, 0.29) is 6.61 Å². The van der Waals surface area contributed by atoms with Gasteiger partial charge in [0.05, 0.1) is 17.2 Å². The van der Waals surface area contributed by atoms with Gasteiger partial charge in [-0.15, -0.1) is 0 Å². The number of pyridine rings is 1. The molecule has 1 aromatic heterocycles. The minimum absolute atomic E-state index is 0.287. The zero-order valence-corrected chi connectivity index (χ0v) is 32.7. The van der Waals surface area contributed by atoms with Gasteiger partial charge in [0, 0.05) is 48.7 Å². The first-order chi connectivity index (χ1) is 26.3. The molecular formula is C45H54ClN5O3. The van der Waals surface area contributed by atoms with Gasteiger partial charge in [-0.1, -0.05) is 48.4 Å². The predicted octanol–water partition coefficient (Wildman–Crippen LogP) is 9.01. The van der Waals surface area contributed by atoms with Gasteiger partial charge < -0.3 is 24.8 Å². The monoisotopic (exact) mass is 747 g/mol. The Bertz CT molecular complexity index is 1940. The maximum atomic E-state index is 9.34. The van der Waals surface area contributed by atoms with Crippen LogP contribution in [-0.4, -0.2) is 60.2 Å². The fraction of sp³-hybridized carbons (Fsp3) is 0.467. The molecule has 8 nitrogen and oxygen atoms in total. The van der Waals surface area contributed by atoms with Crippen LogP contribution in [0.15, 0.2) is 67.0 Å². The number of aromatic nitrogens is 1. The Morgan fingerprint density at radius 1 is 0.815 bits per heavy atom. The number of ether oxygens (including phenoxy) is 3. The average Bonchev–Trinajstić information content (AvgIpc) is 3.17. The number of hydrogen-bond acceptors (Lipinski definition) is 8. The molecule has 0 atom stereocenters. The maximum Gasteiger partial charge on any atom is 0.142 e. The summed E-state index contributed by atoms with van der Waals surface area (Å²) in [5, 5.41) is 9.90. The van der Waals surface area contributed by atoms with Gasteiger partial charge in [-0.25, -0.2) is 0 Å². The van der Waals surface area contributed by atoms with E-state index < -0.39 is 0 Å². The van der Waals surface area contributed by atoms with Crippen LogP contribution in [0.5, 0.6) is 17.2 Å². The van der Waals surface area contributed by atoms with Crippen molar-refractivity contribution in [3.05, 3.63) is 105 Å². The first kappa shape index (κ1) is 38.2. The van der Waals surface area contributed by atoms with Gasteiger partial charge in [0.25, 0.3) is 0 Å². The quantitative estimate of drug-likeness (QED) is 0.128. The van der Waals surface area contributed by atoms with Gasteiger partial charge in [-0.3, -0.25) is 9.88 Å². The van der Waals surface area contributed by atoms with Gasteiger partial charge in [-0.2, -0.15) is 5.26 Å². The minimum Gasteiger partial charge on any atom is -0.493 e. The Morgan fingerprint density at radius 3 is 2.31 bits per heavy atom. The van der Waals surface area contributed by atoms with Crippen LogP contribution >= 0.6 is 11.6 Å². The summed E-state index contributed by atoms with van der Waals surface area (Å²) in [6, 6.07) is 21.0. The third-order valence-corrected chi connectivity index (χ3v) is 12.2. The van der Waals surface area contributed by atoms with Gasteiger partial charge in [0.1, 0.15) is 36.5 Å². The van der Waals surface area contributed by atoms with Crippen LogP contribution in [-0.2, 0) is 19.8 Å². The SMILES string of the molecule is Cc1c(COc2cc(OCc3cncc(C#N)c3)c(CN3CCCCC3)cc2Cl)cccc1-c1cccc(OCCCN2CCC3(CC2)CC(N)C3)c1C. The summed E-state index contributed by atoms with van der Waals surface area (Å²) in [6.45, 7) is 12.0. The molecule has 7 rings (SSSR count). The fourth-order valence-corrected chi connectivity index (χ4v) is 8.86. The van der Waals surface area contributed by atoms with Crippen LogP contribution in [0.1, 0.15) is 84.7 Å². The number of hydrogen-bond donors (Lipinski definition) is 1. The van der Waals surface area contributed by atoms with E-state index in [1.54, 1.807) is 18.5 Å². The van der Waals surface area contributed by atoms with Crippen LogP contribution < -0.4 is 19.9 Å². The molecule has 3 heterocycles. The summed E-state index contributed by atoms with van der Waals surface area (Å²) < 4.78 is 19.2.